The van der Waals surface area contributed by atoms with E-state index in [0.717, 1.165) is 0 Å². The first kappa shape index (κ1) is 7.10. The van der Waals surface area contributed by atoms with E-state index in [1.54, 1.807) is 0 Å². The van der Waals surface area contributed by atoms with Crippen molar-refractivity contribution in [2.75, 3.05) is 6.61 Å². The molecule has 0 spiro atoms. The largest absolute Gasteiger partial charge is 0.389 e. The molecule has 4 nitrogen and oxygen atoms in total. The Kier molecular flexibility index (Phi) is 2.79. The van der Waals surface area contributed by atoms with E-state index in [1.165, 1.54) is 0 Å². The second-order valence-electron chi connectivity index (χ2n) is 1.34. The monoisotopic (exact) mass is 117 g/mol. The van der Waals surface area contributed by atoms with E-state index in [0.29, 0.717) is 0 Å². The van der Waals surface area contributed by atoms with Crippen molar-refractivity contribution in [1.29, 1.82) is 0 Å². The summed E-state index contributed by atoms with van der Waals surface area (Å²) in [4.78, 5) is 19.9. The highest BCUT2D eigenvalue weighted by Gasteiger charge is 2.01. The molecule has 46 valence electrons. The third-order valence-electron chi connectivity index (χ3n) is 0.548. The molecule has 1 amide bonds. The number of aliphatic hydroxyl groups is 1. The molecule has 0 saturated heterocycles. The van der Waals surface area contributed by atoms with E-state index in [-0.39, 0.29) is 6.42 Å². The van der Waals surface area contributed by atoms with Gasteiger partial charge in [0.05, 0.1) is 6.42 Å². The molecule has 0 aliphatic rings. The Morgan fingerprint density at radius 3 is 2.12 bits per heavy atom. The smallest absolute Gasteiger partial charge is 0.224 e. The number of carbonyl (C=O) groups is 2. The van der Waals surface area contributed by atoms with E-state index < -0.39 is 18.3 Å². The van der Waals surface area contributed by atoms with Gasteiger partial charge in [0, 0.05) is 0 Å². The van der Waals surface area contributed by atoms with Gasteiger partial charge in [0.2, 0.25) is 5.91 Å². The van der Waals surface area contributed by atoms with Crippen LogP contribution in [0.25, 0.3) is 0 Å². The van der Waals surface area contributed by atoms with E-state index in [2.05, 4.69) is 5.73 Å². The summed E-state index contributed by atoms with van der Waals surface area (Å²) >= 11 is 0. The second kappa shape index (κ2) is 3.15. The van der Waals surface area contributed by atoms with Gasteiger partial charge >= 0.3 is 0 Å². The maximum Gasteiger partial charge on any atom is 0.224 e. The van der Waals surface area contributed by atoms with Crippen molar-refractivity contribution in [3.05, 3.63) is 0 Å². The molecule has 0 heterocycles. The summed E-state index contributed by atoms with van der Waals surface area (Å²) in [5.41, 5.74) is 4.60. The predicted molar refractivity (Wildman–Crippen MR) is 25.9 cm³/mol. The third-order valence-corrected chi connectivity index (χ3v) is 0.548. The SMILES string of the molecule is NC(=O)CC(=O)CO. The number of Topliss-reactive ketones (excluding diaryl/α,β-unsaturated/α-hetero) is 1. The van der Waals surface area contributed by atoms with Crippen LogP contribution in [-0.4, -0.2) is 23.4 Å². The van der Waals surface area contributed by atoms with Crippen LogP contribution in [0.2, 0.25) is 0 Å². The fourth-order valence-electron chi connectivity index (χ4n) is 0.250. The van der Waals surface area contributed by atoms with Gasteiger partial charge < -0.3 is 10.8 Å². The number of rotatable bonds is 3. The molecule has 0 aromatic carbocycles. The predicted octanol–water partition coefficient (Wildman–Crippen LogP) is -1.58. The number of primary amides is 1. The summed E-state index contributed by atoms with van der Waals surface area (Å²) in [5.74, 6) is -1.25. The molecule has 0 rings (SSSR count). The molecule has 4 heteroatoms. The van der Waals surface area contributed by atoms with Crippen molar-refractivity contribution in [1.82, 2.24) is 0 Å². The van der Waals surface area contributed by atoms with Gasteiger partial charge in [0.15, 0.2) is 5.78 Å². The molecule has 0 fully saturated rings. The van der Waals surface area contributed by atoms with Crippen molar-refractivity contribution < 1.29 is 14.7 Å². The van der Waals surface area contributed by atoms with Gasteiger partial charge in [-0.15, -0.1) is 0 Å². The van der Waals surface area contributed by atoms with Crippen molar-refractivity contribution in [3.63, 3.8) is 0 Å². The number of hydrogen-bond donors (Lipinski definition) is 2. The fourth-order valence-corrected chi connectivity index (χ4v) is 0.250. The molecule has 0 aliphatic carbocycles. The van der Waals surface area contributed by atoms with Gasteiger partial charge in [-0.2, -0.15) is 0 Å². The molecule has 0 saturated carbocycles. The summed E-state index contributed by atoms with van der Waals surface area (Å²) in [6.07, 6.45) is -0.365. The molecule has 0 radical (unpaired) electrons. The molecule has 3 N–H and O–H groups in total. The second-order valence-corrected chi connectivity index (χ2v) is 1.34. The van der Waals surface area contributed by atoms with Crippen molar-refractivity contribution >= 4 is 11.7 Å². The summed E-state index contributed by atoms with van der Waals surface area (Å²) in [6, 6.07) is 0. The lowest BCUT2D eigenvalue weighted by molar-refractivity contribution is -0.128. The van der Waals surface area contributed by atoms with Crippen LogP contribution in [0.5, 0.6) is 0 Å². The molecule has 0 aromatic rings. The Morgan fingerprint density at radius 2 is 2.00 bits per heavy atom. The van der Waals surface area contributed by atoms with Gasteiger partial charge in [-0.25, -0.2) is 0 Å². The zero-order valence-electron chi connectivity index (χ0n) is 4.26. The lowest BCUT2D eigenvalue weighted by Gasteiger charge is -1.87. The maximum atomic E-state index is 10.1. The maximum absolute atomic E-state index is 10.1. The highest BCUT2D eigenvalue weighted by Crippen LogP contribution is 1.76. The van der Waals surface area contributed by atoms with Crippen LogP contribution in [-0.2, 0) is 9.59 Å². The van der Waals surface area contributed by atoms with E-state index >= 15 is 0 Å². The minimum absolute atomic E-state index is 0.365. The van der Waals surface area contributed by atoms with Crippen molar-refractivity contribution in [2.45, 2.75) is 6.42 Å². The first-order chi connectivity index (χ1) is 3.66. The van der Waals surface area contributed by atoms with Crippen molar-refractivity contribution in [2.24, 2.45) is 5.73 Å². The van der Waals surface area contributed by atoms with Crippen LogP contribution < -0.4 is 5.73 Å². The molecule has 0 aliphatic heterocycles. The molecule has 0 bridgehead atoms. The van der Waals surface area contributed by atoms with Gasteiger partial charge in [-0.3, -0.25) is 9.59 Å². The van der Waals surface area contributed by atoms with Crippen LogP contribution in [0.4, 0.5) is 0 Å². The minimum Gasteiger partial charge on any atom is -0.389 e. The number of amides is 1. The van der Waals surface area contributed by atoms with Gasteiger partial charge in [-0.1, -0.05) is 0 Å². The van der Waals surface area contributed by atoms with Gasteiger partial charge in [0.1, 0.15) is 6.61 Å². The molecule has 0 unspecified atom stereocenters. The summed E-state index contributed by atoms with van der Waals surface area (Å²) in [7, 11) is 0. The number of carbonyl (C=O) groups excluding carboxylic acids is 2. The van der Waals surface area contributed by atoms with Crippen LogP contribution >= 0.6 is 0 Å². The van der Waals surface area contributed by atoms with E-state index in [1.807, 2.05) is 0 Å². The first-order valence-electron chi connectivity index (χ1n) is 2.07. The number of hydrogen-bond acceptors (Lipinski definition) is 3. The third kappa shape index (κ3) is 3.30. The molecule has 0 atom stereocenters. The first-order valence-corrected chi connectivity index (χ1v) is 2.07. The fraction of sp³-hybridized carbons (Fsp3) is 0.500. The number of aliphatic hydroxyl groups excluding tert-OH is 1. The Labute approximate surface area is 46.3 Å². The van der Waals surface area contributed by atoms with E-state index in [9.17, 15) is 9.59 Å². The Balaban J connectivity index is 3.40. The lowest BCUT2D eigenvalue weighted by Crippen LogP contribution is -2.17. The molecule has 0 aromatic heterocycles. The summed E-state index contributed by atoms with van der Waals surface area (Å²) in [6.45, 7) is -0.608. The molecule has 8 heavy (non-hydrogen) atoms. The Morgan fingerprint density at radius 1 is 1.50 bits per heavy atom. The van der Waals surface area contributed by atoms with Gasteiger partial charge in [-0.05, 0) is 0 Å². The van der Waals surface area contributed by atoms with Crippen LogP contribution in [0.1, 0.15) is 6.42 Å². The van der Waals surface area contributed by atoms with Crippen LogP contribution in [0.15, 0.2) is 0 Å². The standard InChI is InChI=1S/C4H7NO3/c5-4(8)1-3(7)2-6/h6H,1-2H2,(H2,5,8). The lowest BCUT2D eigenvalue weighted by atomic mass is 10.3. The van der Waals surface area contributed by atoms with E-state index in [4.69, 9.17) is 5.11 Å². The normalized spacial score (nSPS) is 8.62. The zero-order chi connectivity index (χ0) is 6.57. The van der Waals surface area contributed by atoms with Crippen LogP contribution in [0, 0.1) is 0 Å². The number of nitrogens with two attached hydrogens (primary N) is 1. The highest BCUT2D eigenvalue weighted by atomic mass is 16.3. The zero-order valence-corrected chi connectivity index (χ0v) is 4.26. The highest BCUT2D eigenvalue weighted by molar-refractivity contribution is 5.97. The quantitative estimate of drug-likeness (QED) is 0.438. The minimum atomic E-state index is -0.705. The topological polar surface area (TPSA) is 80.4 Å². The van der Waals surface area contributed by atoms with Crippen molar-refractivity contribution in [3.8, 4) is 0 Å². The average Bonchev–Trinajstić information content (AvgIpc) is 1.65. The Hall–Kier alpha value is -0.900. The van der Waals surface area contributed by atoms with Gasteiger partial charge in [0.25, 0.3) is 0 Å². The average molecular weight is 117 g/mol. The molecular weight excluding hydrogens is 110 g/mol. The summed E-state index contributed by atoms with van der Waals surface area (Å²) in [5, 5.41) is 8.03. The Bertz CT molecular complexity index is 110. The summed E-state index contributed by atoms with van der Waals surface area (Å²) < 4.78 is 0. The molecular formula is C4H7NO3. The number of ketones is 1. The van der Waals surface area contributed by atoms with Crippen LogP contribution in [0.3, 0.4) is 0 Å².